The number of carbonyl (C=O) groups excluding carboxylic acids is 1. The lowest BCUT2D eigenvalue weighted by Crippen LogP contribution is -2.14. The lowest BCUT2D eigenvalue weighted by Gasteiger charge is -2.05. The number of primary amides is 1. The molecule has 1 unspecified atom stereocenters. The molecule has 0 aromatic heterocycles. The second-order valence-corrected chi connectivity index (χ2v) is 3.28. The summed E-state index contributed by atoms with van der Waals surface area (Å²) in [7, 11) is 0. The average Bonchev–Trinajstić information content (AvgIpc) is 2.04. The molecule has 0 saturated carbocycles. The number of hydrogen-bond acceptors (Lipinski definition) is 2. The number of nitrogens with two attached hydrogens (primary N) is 1. The van der Waals surface area contributed by atoms with E-state index < -0.39 is 12.0 Å². The molecular formula is C10H19NO2. The Morgan fingerprint density at radius 1 is 1.54 bits per heavy atom. The molecular weight excluding hydrogens is 166 g/mol. The second-order valence-electron chi connectivity index (χ2n) is 3.28. The van der Waals surface area contributed by atoms with Gasteiger partial charge < -0.3 is 10.8 Å². The van der Waals surface area contributed by atoms with Crippen molar-refractivity contribution < 1.29 is 9.90 Å². The fraction of sp³-hybridized carbons (Fsp3) is 0.700. The molecule has 0 spiro atoms. The maximum absolute atomic E-state index is 10.6. The number of unbranched alkanes of at least 4 members (excludes halogenated alkanes) is 2. The SMILES string of the molecule is CCCCCC(O)C=C(C)C(N)=O. The summed E-state index contributed by atoms with van der Waals surface area (Å²) in [4.78, 5) is 10.6. The van der Waals surface area contributed by atoms with E-state index in [-0.39, 0.29) is 0 Å². The topological polar surface area (TPSA) is 63.3 Å². The van der Waals surface area contributed by atoms with Crippen LogP contribution in [-0.2, 0) is 4.79 Å². The van der Waals surface area contributed by atoms with Crippen LogP contribution in [0.5, 0.6) is 0 Å². The van der Waals surface area contributed by atoms with Crippen LogP contribution in [0.2, 0.25) is 0 Å². The van der Waals surface area contributed by atoms with Gasteiger partial charge in [0.1, 0.15) is 0 Å². The molecule has 1 amide bonds. The molecule has 0 radical (unpaired) electrons. The van der Waals surface area contributed by atoms with Gasteiger partial charge in [0.05, 0.1) is 6.10 Å². The largest absolute Gasteiger partial charge is 0.389 e. The molecule has 3 N–H and O–H groups in total. The lowest BCUT2D eigenvalue weighted by molar-refractivity contribution is -0.114. The number of aliphatic hydroxyl groups is 1. The van der Waals surface area contributed by atoms with E-state index in [1.807, 2.05) is 0 Å². The summed E-state index contributed by atoms with van der Waals surface area (Å²) in [5.41, 5.74) is 5.46. The van der Waals surface area contributed by atoms with Gasteiger partial charge in [0.25, 0.3) is 0 Å². The van der Waals surface area contributed by atoms with Crippen LogP contribution in [0.25, 0.3) is 0 Å². The van der Waals surface area contributed by atoms with E-state index in [0.29, 0.717) is 12.0 Å². The molecule has 3 heteroatoms. The van der Waals surface area contributed by atoms with E-state index in [0.717, 1.165) is 19.3 Å². The van der Waals surface area contributed by atoms with Crippen LogP contribution in [0.15, 0.2) is 11.6 Å². The summed E-state index contributed by atoms with van der Waals surface area (Å²) in [6.45, 7) is 3.72. The van der Waals surface area contributed by atoms with Gasteiger partial charge in [-0.1, -0.05) is 26.2 Å². The van der Waals surface area contributed by atoms with Gasteiger partial charge in [-0.25, -0.2) is 0 Å². The van der Waals surface area contributed by atoms with Crippen LogP contribution in [0.1, 0.15) is 39.5 Å². The Hall–Kier alpha value is -0.830. The Morgan fingerprint density at radius 2 is 2.15 bits per heavy atom. The van der Waals surface area contributed by atoms with Crippen molar-refractivity contribution in [1.29, 1.82) is 0 Å². The summed E-state index contributed by atoms with van der Waals surface area (Å²) < 4.78 is 0. The Morgan fingerprint density at radius 3 is 2.62 bits per heavy atom. The van der Waals surface area contributed by atoms with Crippen LogP contribution >= 0.6 is 0 Å². The molecule has 0 aromatic carbocycles. The molecule has 1 atom stereocenters. The smallest absolute Gasteiger partial charge is 0.244 e. The summed E-state index contributed by atoms with van der Waals surface area (Å²) in [6.07, 6.45) is 4.93. The van der Waals surface area contributed by atoms with Gasteiger partial charge in [0, 0.05) is 5.57 Å². The first kappa shape index (κ1) is 12.2. The summed E-state index contributed by atoms with van der Waals surface area (Å²) in [6, 6.07) is 0. The van der Waals surface area contributed by atoms with Crippen molar-refractivity contribution in [1.82, 2.24) is 0 Å². The van der Waals surface area contributed by atoms with Crippen molar-refractivity contribution in [2.24, 2.45) is 5.73 Å². The van der Waals surface area contributed by atoms with Crippen LogP contribution in [0.3, 0.4) is 0 Å². The third-order valence-electron chi connectivity index (χ3n) is 1.93. The van der Waals surface area contributed by atoms with Gasteiger partial charge >= 0.3 is 0 Å². The third kappa shape index (κ3) is 6.34. The highest BCUT2D eigenvalue weighted by molar-refractivity contribution is 5.91. The lowest BCUT2D eigenvalue weighted by atomic mass is 10.1. The highest BCUT2D eigenvalue weighted by Crippen LogP contribution is 2.06. The van der Waals surface area contributed by atoms with Crippen LogP contribution in [0, 0.1) is 0 Å². The van der Waals surface area contributed by atoms with E-state index >= 15 is 0 Å². The normalized spacial score (nSPS) is 14.2. The molecule has 0 aliphatic carbocycles. The Labute approximate surface area is 79.6 Å². The molecule has 3 nitrogen and oxygen atoms in total. The van der Waals surface area contributed by atoms with E-state index in [1.54, 1.807) is 6.92 Å². The van der Waals surface area contributed by atoms with Crippen LogP contribution < -0.4 is 5.73 Å². The van der Waals surface area contributed by atoms with Crippen molar-refractivity contribution in [2.45, 2.75) is 45.6 Å². The van der Waals surface area contributed by atoms with Crippen LogP contribution in [-0.4, -0.2) is 17.1 Å². The monoisotopic (exact) mass is 185 g/mol. The molecule has 0 rings (SSSR count). The Balaban J connectivity index is 3.78. The fourth-order valence-corrected chi connectivity index (χ4v) is 1.06. The number of aliphatic hydroxyl groups excluding tert-OH is 1. The van der Waals surface area contributed by atoms with Gasteiger partial charge in [0.2, 0.25) is 5.91 Å². The molecule has 13 heavy (non-hydrogen) atoms. The molecule has 0 heterocycles. The first-order valence-electron chi connectivity index (χ1n) is 4.74. The Bertz CT molecular complexity index is 187. The molecule has 0 saturated heterocycles. The summed E-state index contributed by atoms with van der Waals surface area (Å²) >= 11 is 0. The number of carbonyl (C=O) groups is 1. The van der Waals surface area contributed by atoms with E-state index in [9.17, 15) is 9.90 Å². The molecule has 0 fully saturated rings. The summed E-state index contributed by atoms with van der Waals surface area (Å²) in [5, 5.41) is 9.41. The zero-order valence-electron chi connectivity index (χ0n) is 8.42. The van der Waals surface area contributed by atoms with E-state index in [1.165, 1.54) is 6.08 Å². The highest BCUT2D eigenvalue weighted by atomic mass is 16.3. The minimum Gasteiger partial charge on any atom is -0.389 e. The second kappa shape index (κ2) is 6.66. The third-order valence-corrected chi connectivity index (χ3v) is 1.93. The zero-order valence-corrected chi connectivity index (χ0v) is 8.42. The van der Waals surface area contributed by atoms with Gasteiger partial charge in [-0.15, -0.1) is 0 Å². The Kier molecular flexibility index (Phi) is 6.24. The van der Waals surface area contributed by atoms with Crippen molar-refractivity contribution >= 4 is 5.91 Å². The number of rotatable bonds is 6. The van der Waals surface area contributed by atoms with E-state index in [4.69, 9.17) is 5.73 Å². The molecule has 0 bridgehead atoms. The van der Waals surface area contributed by atoms with Gasteiger partial charge in [-0.05, 0) is 19.4 Å². The fourth-order valence-electron chi connectivity index (χ4n) is 1.06. The van der Waals surface area contributed by atoms with Crippen molar-refractivity contribution in [3.63, 3.8) is 0 Å². The predicted molar refractivity (Wildman–Crippen MR) is 53.1 cm³/mol. The van der Waals surface area contributed by atoms with E-state index in [2.05, 4.69) is 6.92 Å². The van der Waals surface area contributed by atoms with Gasteiger partial charge in [0.15, 0.2) is 0 Å². The maximum atomic E-state index is 10.6. The average molecular weight is 185 g/mol. The number of hydrogen-bond donors (Lipinski definition) is 2. The summed E-state index contributed by atoms with van der Waals surface area (Å²) in [5.74, 6) is -0.463. The van der Waals surface area contributed by atoms with Crippen molar-refractivity contribution in [3.05, 3.63) is 11.6 Å². The van der Waals surface area contributed by atoms with Crippen LogP contribution in [0.4, 0.5) is 0 Å². The quantitative estimate of drug-likeness (QED) is 0.484. The zero-order chi connectivity index (χ0) is 10.3. The number of amides is 1. The first-order chi connectivity index (χ1) is 6.07. The molecule has 0 aromatic rings. The predicted octanol–water partition coefficient (Wildman–Crippen LogP) is 1.36. The van der Waals surface area contributed by atoms with Crippen molar-refractivity contribution in [3.8, 4) is 0 Å². The first-order valence-corrected chi connectivity index (χ1v) is 4.74. The molecule has 0 aliphatic heterocycles. The van der Waals surface area contributed by atoms with Gasteiger partial charge in [-0.2, -0.15) is 0 Å². The minimum absolute atomic E-state index is 0.434. The molecule has 0 aliphatic rings. The maximum Gasteiger partial charge on any atom is 0.244 e. The minimum atomic E-state index is -0.529. The standard InChI is InChI=1S/C10H19NO2/c1-3-4-5-6-9(12)7-8(2)10(11)13/h7,9,12H,3-6H2,1-2H3,(H2,11,13). The molecule has 76 valence electrons. The highest BCUT2D eigenvalue weighted by Gasteiger charge is 2.03. The van der Waals surface area contributed by atoms with Crippen molar-refractivity contribution in [2.75, 3.05) is 0 Å². The van der Waals surface area contributed by atoms with Gasteiger partial charge in [-0.3, -0.25) is 4.79 Å².